The van der Waals surface area contributed by atoms with Gasteiger partial charge in [0.15, 0.2) is 0 Å². The van der Waals surface area contributed by atoms with E-state index in [0.29, 0.717) is 25.2 Å². The van der Waals surface area contributed by atoms with Crippen LogP contribution >= 0.6 is 0 Å². The van der Waals surface area contributed by atoms with E-state index < -0.39 is 0 Å². The Morgan fingerprint density at radius 1 is 1.21 bits per heavy atom. The molecule has 1 amide bonds. The highest BCUT2D eigenvalue weighted by atomic mass is 16.5. The first-order valence-electron chi connectivity index (χ1n) is 9.85. The molecule has 2 heterocycles. The van der Waals surface area contributed by atoms with Gasteiger partial charge in [0.05, 0.1) is 30.6 Å². The van der Waals surface area contributed by atoms with Gasteiger partial charge in [-0.3, -0.25) is 13.9 Å². The molecule has 1 saturated heterocycles. The molecule has 3 aromatic rings. The molecular weight excluding hydrogens is 368 g/mol. The SMILES string of the molecule is COc1cccc(CC(=O)N2CCC[C@H](n3c(=O)n(C)c4cc(N)ccc43)C2)c1. The smallest absolute Gasteiger partial charge is 0.329 e. The van der Waals surface area contributed by atoms with E-state index in [9.17, 15) is 9.59 Å². The molecule has 0 radical (unpaired) electrons. The first kappa shape index (κ1) is 19.1. The number of nitrogen functional groups attached to an aromatic ring is 1. The van der Waals surface area contributed by atoms with E-state index in [-0.39, 0.29) is 17.6 Å². The molecule has 29 heavy (non-hydrogen) atoms. The number of nitrogens with two attached hydrogens (primary N) is 1. The Balaban J connectivity index is 1.57. The monoisotopic (exact) mass is 394 g/mol. The number of aromatic nitrogens is 2. The van der Waals surface area contributed by atoms with Gasteiger partial charge in [0.1, 0.15) is 5.75 Å². The average Bonchev–Trinajstić information content (AvgIpc) is 2.98. The Morgan fingerprint density at radius 3 is 2.83 bits per heavy atom. The predicted molar refractivity (Wildman–Crippen MR) is 113 cm³/mol. The summed E-state index contributed by atoms with van der Waals surface area (Å²) in [5.41, 5.74) is 9.06. The standard InChI is InChI=1S/C22H26N4O3/c1-24-20-13-16(23)8-9-19(20)26(22(24)28)17-6-4-10-25(14-17)21(27)12-15-5-3-7-18(11-15)29-2/h3,5,7-9,11,13,17H,4,6,10,12,14,23H2,1-2H3/t17-/m0/s1. The number of ether oxygens (including phenoxy) is 1. The van der Waals surface area contributed by atoms with Crippen molar-refractivity contribution in [3.8, 4) is 5.75 Å². The molecule has 1 atom stereocenters. The van der Waals surface area contributed by atoms with Crippen LogP contribution in [0.1, 0.15) is 24.4 Å². The fourth-order valence-electron chi connectivity index (χ4n) is 4.19. The molecule has 0 spiro atoms. The Kier molecular flexibility index (Phi) is 5.05. The van der Waals surface area contributed by atoms with Crippen molar-refractivity contribution >= 4 is 22.6 Å². The van der Waals surface area contributed by atoms with Crippen LogP contribution in [-0.4, -0.2) is 40.1 Å². The summed E-state index contributed by atoms with van der Waals surface area (Å²) in [5, 5.41) is 0. The maximum absolute atomic E-state index is 12.9. The van der Waals surface area contributed by atoms with E-state index in [1.165, 1.54) is 0 Å². The molecule has 0 aliphatic carbocycles. The molecule has 1 fully saturated rings. The molecule has 4 rings (SSSR count). The fraction of sp³-hybridized carbons (Fsp3) is 0.364. The highest BCUT2D eigenvalue weighted by Gasteiger charge is 2.27. The lowest BCUT2D eigenvalue weighted by Gasteiger charge is -2.33. The van der Waals surface area contributed by atoms with Crippen molar-refractivity contribution < 1.29 is 9.53 Å². The van der Waals surface area contributed by atoms with Gasteiger partial charge in [-0.25, -0.2) is 4.79 Å². The summed E-state index contributed by atoms with van der Waals surface area (Å²) < 4.78 is 8.69. The van der Waals surface area contributed by atoms with E-state index in [1.807, 2.05) is 51.9 Å². The van der Waals surface area contributed by atoms with Gasteiger partial charge in [0.2, 0.25) is 5.91 Å². The first-order chi connectivity index (χ1) is 14.0. The van der Waals surface area contributed by atoms with Crippen LogP contribution in [0.3, 0.4) is 0 Å². The third-order valence-electron chi connectivity index (χ3n) is 5.72. The number of carbonyl (C=O) groups excluding carboxylic acids is 1. The number of benzene rings is 2. The lowest BCUT2D eigenvalue weighted by molar-refractivity contribution is -0.132. The summed E-state index contributed by atoms with van der Waals surface area (Å²) in [6, 6.07) is 13.1. The number of aryl methyl sites for hydroxylation is 1. The Bertz CT molecular complexity index is 1110. The van der Waals surface area contributed by atoms with E-state index in [2.05, 4.69) is 0 Å². The van der Waals surface area contributed by atoms with Crippen molar-refractivity contribution in [1.29, 1.82) is 0 Å². The second-order valence-corrected chi connectivity index (χ2v) is 7.62. The number of anilines is 1. The summed E-state index contributed by atoms with van der Waals surface area (Å²) in [7, 11) is 3.38. The number of hydrogen-bond donors (Lipinski definition) is 1. The first-order valence-corrected chi connectivity index (χ1v) is 9.85. The Morgan fingerprint density at radius 2 is 2.03 bits per heavy atom. The summed E-state index contributed by atoms with van der Waals surface area (Å²) in [5.74, 6) is 0.814. The number of amides is 1. The average molecular weight is 394 g/mol. The summed E-state index contributed by atoms with van der Waals surface area (Å²) >= 11 is 0. The van der Waals surface area contributed by atoms with Gasteiger partial charge >= 0.3 is 5.69 Å². The number of methoxy groups -OCH3 is 1. The number of imidazole rings is 1. The molecule has 1 aliphatic heterocycles. The van der Waals surface area contributed by atoms with Crippen LogP contribution in [-0.2, 0) is 18.3 Å². The van der Waals surface area contributed by atoms with Crippen LogP contribution in [0.15, 0.2) is 47.3 Å². The minimum Gasteiger partial charge on any atom is -0.497 e. The largest absolute Gasteiger partial charge is 0.497 e. The molecule has 2 aromatic carbocycles. The number of likely N-dealkylation sites (tertiary alicyclic amines) is 1. The van der Waals surface area contributed by atoms with Gasteiger partial charge < -0.3 is 15.4 Å². The molecule has 7 nitrogen and oxygen atoms in total. The molecule has 7 heteroatoms. The molecule has 0 bridgehead atoms. The molecule has 0 unspecified atom stereocenters. The van der Waals surface area contributed by atoms with Gasteiger partial charge in [0, 0.05) is 25.8 Å². The summed E-state index contributed by atoms with van der Waals surface area (Å²) in [6.45, 7) is 1.25. The fourth-order valence-corrected chi connectivity index (χ4v) is 4.19. The Labute approximate surface area is 169 Å². The van der Waals surface area contributed by atoms with Crippen molar-refractivity contribution in [2.24, 2.45) is 7.05 Å². The highest BCUT2D eigenvalue weighted by molar-refractivity contribution is 5.80. The second-order valence-electron chi connectivity index (χ2n) is 7.62. The quantitative estimate of drug-likeness (QED) is 0.689. The zero-order valence-electron chi connectivity index (χ0n) is 16.8. The van der Waals surface area contributed by atoms with E-state index in [1.54, 1.807) is 18.7 Å². The minimum atomic E-state index is -0.0716. The van der Waals surface area contributed by atoms with Crippen molar-refractivity contribution in [3.63, 3.8) is 0 Å². The van der Waals surface area contributed by atoms with Crippen molar-refractivity contribution in [2.45, 2.75) is 25.3 Å². The van der Waals surface area contributed by atoms with Gasteiger partial charge in [-0.2, -0.15) is 0 Å². The second kappa shape index (κ2) is 7.66. The highest BCUT2D eigenvalue weighted by Crippen LogP contribution is 2.26. The van der Waals surface area contributed by atoms with Gasteiger partial charge in [-0.05, 0) is 48.7 Å². The van der Waals surface area contributed by atoms with Gasteiger partial charge in [-0.15, -0.1) is 0 Å². The number of fused-ring (bicyclic) bond motifs is 1. The summed E-state index contributed by atoms with van der Waals surface area (Å²) in [6.07, 6.45) is 2.06. The minimum absolute atomic E-state index is 0.0437. The van der Waals surface area contributed by atoms with Crippen LogP contribution in [0.4, 0.5) is 5.69 Å². The lowest BCUT2D eigenvalue weighted by Crippen LogP contribution is -2.43. The summed E-state index contributed by atoms with van der Waals surface area (Å²) in [4.78, 5) is 27.7. The van der Waals surface area contributed by atoms with Crippen molar-refractivity contribution in [1.82, 2.24) is 14.0 Å². The maximum Gasteiger partial charge on any atom is 0.329 e. The molecule has 152 valence electrons. The third-order valence-corrected chi connectivity index (χ3v) is 5.72. The van der Waals surface area contributed by atoms with Crippen molar-refractivity contribution in [2.75, 3.05) is 25.9 Å². The molecule has 1 aliphatic rings. The normalized spacial score (nSPS) is 16.9. The zero-order chi connectivity index (χ0) is 20.5. The lowest BCUT2D eigenvalue weighted by atomic mass is 10.0. The number of hydrogen-bond acceptors (Lipinski definition) is 4. The molecule has 2 N–H and O–H groups in total. The van der Waals surface area contributed by atoms with Crippen molar-refractivity contribution in [3.05, 3.63) is 58.5 Å². The number of rotatable bonds is 4. The Hall–Kier alpha value is -3.22. The van der Waals surface area contributed by atoms with Crippen LogP contribution < -0.4 is 16.2 Å². The zero-order valence-corrected chi connectivity index (χ0v) is 16.8. The van der Waals surface area contributed by atoms with Gasteiger partial charge in [-0.1, -0.05) is 12.1 Å². The van der Waals surface area contributed by atoms with E-state index in [0.717, 1.165) is 35.2 Å². The third kappa shape index (κ3) is 3.60. The van der Waals surface area contributed by atoms with E-state index >= 15 is 0 Å². The topological polar surface area (TPSA) is 82.5 Å². The number of piperidine rings is 1. The van der Waals surface area contributed by atoms with Crippen LogP contribution in [0, 0.1) is 0 Å². The molecular formula is C22H26N4O3. The maximum atomic E-state index is 12.9. The number of carbonyl (C=O) groups is 1. The van der Waals surface area contributed by atoms with E-state index in [4.69, 9.17) is 10.5 Å². The van der Waals surface area contributed by atoms with Crippen LogP contribution in [0.2, 0.25) is 0 Å². The predicted octanol–water partition coefficient (Wildman–Crippen LogP) is 2.34. The molecule has 0 saturated carbocycles. The van der Waals surface area contributed by atoms with Crippen LogP contribution in [0.25, 0.3) is 11.0 Å². The molecule has 1 aromatic heterocycles. The number of nitrogens with zero attached hydrogens (tertiary/aromatic N) is 3. The van der Waals surface area contributed by atoms with Crippen LogP contribution in [0.5, 0.6) is 5.75 Å². The van der Waals surface area contributed by atoms with Gasteiger partial charge in [0.25, 0.3) is 0 Å².